The number of hydrogen-bond donors (Lipinski definition) is 2. The third kappa shape index (κ3) is 7.23. The van der Waals surface area contributed by atoms with Gasteiger partial charge in [-0.15, -0.1) is 11.3 Å². The minimum Gasteiger partial charge on any atom is -0.357 e. The topological polar surface area (TPSA) is 52.6 Å². The normalized spacial score (nSPS) is 11.8. The van der Waals surface area contributed by atoms with E-state index in [4.69, 9.17) is 0 Å². The molecule has 5 nitrogen and oxygen atoms in total. The van der Waals surface area contributed by atoms with Crippen LogP contribution in [0.4, 0.5) is 0 Å². The summed E-state index contributed by atoms with van der Waals surface area (Å²) < 4.78 is 0. The summed E-state index contributed by atoms with van der Waals surface area (Å²) in [5.41, 5.74) is 2.54. The van der Waals surface area contributed by atoms with Crippen LogP contribution < -0.4 is 10.6 Å². The first-order valence-corrected chi connectivity index (χ1v) is 9.54. The summed E-state index contributed by atoms with van der Waals surface area (Å²) in [4.78, 5) is 12.5. The molecule has 0 fully saturated rings. The van der Waals surface area contributed by atoms with Crippen molar-refractivity contribution in [2.45, 2.75) is 33.4 Å². The Morgan fingerprint density at radius 3 is 2.48 bits per heavy atom. The Bertz CT molecular complexity index is 661. The molecule has 0 atom stereocenters. The van der Waals surface area contributed by atoms with Crippen molar-refractivity contribution in [3.8, 4) is 0 Å². The number of thiazole rings is 1. The van der Waals surface area contributed by atoms with E-state index < -0.39 is 0 Å². The van der Waals surface area contributed by atoms with Crippen LogP contribution in [0.2, 0.25) is 0 Å². The first-order chi connectivity index (χ1) is 12.1. The second-order valence-electron chi connectivity index (χ2n) is 6.29. The van der Waals surface area contributed by atoms with Crippen molar-refractivity contribution in [2.75, 3.05) is 27.2 Å². The van der Waals surface area contributed by atoms with E-state index in [0.29, 0.717) is 6.54 Å². The molecule has 136 valence electrons. The fourth-order valence-electron chi connectivity index (χ4n) is 2.43. The van der Waals surface area contributed by atoms with E-state index >= 15 is 0 Å². The Morgan fingerprint density at radius 1 is 1.16 bits per heavy atom. The van der Waals surface area contributed by atoms with Gasteiger partial charge in [-0.25, -0.2) is 9.98 Å². The van der Waals surface area contributed by atoms with Gasteiger partial charge in [-0.3, -0.25) is 0 Å². The van der Waals surface area contributed by atoms with Gasteiger partial charge in [0.2, 0.25) is 0 Å². The average Bonchev–Trinajstić information content (AvgIpc) is 2.99. The van der Waals surface area contributed by atoms with Crippen LogP contribution in [-0.2, 0) is 19.5 Å². The van der Waals surface area contributed by atoms with Crippen LogP contribution in [0.1, 0.15) is 27.9 Å². The highest BCUT2D eigenvalue weighted by atomic mass is 32.1. The van der Waals surface area contributed by atoms with E-state index in [9.17, 15) is 0 Å². The van der Waals surface area contributed by atoms with Crippen molar-refractivity contribution in [1.29, 1.82) is 0 Å². The summed E-state index contributed by atoms with van der Waals surface area (Å²) >= 11 is 1.75. The van der Waals surface area contributed by atoms with Gasteiger partial charge in [-0.05, 0) is 39.1 Å². The van der Waals surface area contributed by atoms with Crippen molar-refractivity contribution in [3.05, 3.63) is 51.5 Å². The maximum Gasteiger partial charge on any atom is 0.191 e. The zero-order valence-corrected chi connectivity index (χ0v) is 16.5. The standard InChI is InChI=1S/C19H29N5S/c1-5-20-19(21-11-10-18-22-12-15(2)25-18)23-13-16-6-8-17(9-7-16)14-24(3)4/h6-9,12H,5,10-11,13-14H2,1-4H3,(H2,20,21,23). The van der Waals surface area contributed by atoms with Crippen LogP contribution in [0.5, 0.6) is 0 Å². The molecule has 0 aliphatic heterocycles. The number of nitrogens with zero attached hydrogens (tertiary/aromatic N) is 3. The van der Waals surface area contributed by atoms with Crippen LogP contribution in [0.15, 0.2) is 35.5 Å². The van der Waals surface area contributed by atoms with Crippen LogP contribution >= 0.6 is 11.3 Å². The number of nitrogens with one attached hydrogen (secondary N) is 2. The third-order valence-electron chi connectivity index (χ3n) is 3.59. The number of aromatic nitrogens is 1. The Morgan fingerprint density at radius 2 is 1.88 bits per heavy atom. The number of guanidine groups is 1. The number of hydrogen-bond acceptors (Lipinski definition) is 4. The Kier molecular flexibility index (Phi) is 7.88. The quantitative estimate of drug-likeness (QED) is 0.562. The lowest BCUT2D eigenvalue weighted by atomic mass is 10.1. The van der Waals surface area contributed by atoms with E-state index in [1.165, 1.54) is 16.0 Å². The number of rotatable bonds is 8. The maximum atomic E-state index is 4.68. The first kappa shape index (κ1) is 19.4. The largest absolute Gasteiger partial charge is 0.357 e. The van der Waals surface area contributed by atoms with Crippen molar-refractivity contribution >= 4 is 17.3 Å². The zero-order chi connectivity index (χ0) is 18.1. The molecule has 0 unspecified atom stereocenters. The summed E-state index contributed by atoms with van der Waals surface area (Å²) in [6, 6.07) is 8.67. The van der Waals surface area contributed by atoms with E-state index in [-0.39, 0.29) is 0 Å². The van der Waals surface area contributed by atoms with E-state index in [2.05, 4.69) is 77.7 Å². The minimum absolute atomic E-state index is 0.675. The van der Waals surface area contributed by atoms with Crippen LogP contribution in [-0.4, -0.2) is 43.0 Å². The predicted octanol–water partition coefficient (Wildman–Crippen LogP) is 2.81. The maximum absolute atomic E-state index is 4.68. The summed E-state index contributed by atoms with van der Waals surface area (Å²) in [5.74, 6) is 0.855. The van der Waals surface area contributed by atoms with Gasteiger partial charge >= 0.3 is 0 Å². The Labute approximate surface area is 155 Å². The molecule has 2 aromatic rings. The van der Waals surface area contributed by atoms with Crippen LogP contribution in [0.25, 0.3) is 0 Å². The van der Waals surface area contributed by atoms with Crippen molar-refractivity contribution in [2.24, 2.45) is 4.99 Å². The van der Waals surface area contributed by atoms with Crippen LogP contribution in [0.3, 0.4) is 0 Å². The number of aliphatic imine (C=N–C) groups is 1. The van der Waals surface area contributed by atoms with Crippen molar-refractivity contribution in [3.63, 3.8) is 0 Å². The molecule has 1 heterocycles. The lowest BCUT2D eigenvalue weighted by Gasteiger charge is -2.11. The lowest BCUT2D eigenvalue weighted by Crippen LogP contribution is -2.38. The molecule has 1 aromatic carbocycles. The number of benzene rings is 1. The molecule has 6 heteroatoms. The van der Waals surface area contributed by atoms with Gasteiger partial charge in [-0.1, -0.05) is 24.3 Å². The van der Waals surface area contributed by atoms with E-state index in [0.717, 1.165) is 37.0 Å². The lowest BCUT2D eigenvalue weighted by molar-refractivity contribution is 0.402. The predicted molar refractivity (Wildman–Crippen MR) is 107 cm³/mol. The Hall–Kier alpha value is -1.92. The molecule has 2 rings (SSSR count). The second kappa shape index (κ2) is 10.2. The van der Waals surface area contributed by atoms with Crippen molar-refractivity contribution in [1.82, 2.24) is 20.5 Å². The highest BCUT2D eigenvalue weighted by Gasteiger charge is 2.01. The highest BCUT2D eigenvalue weighted by Crippen LogP contribution is 2.11. The van der Waals surface area contributed by atoms with Gasteiger partial charge in [-0.2, -0.15) is 0 Å². The van der Waals surface area contributed by atoms with Gasteiger partial charge in [0.25, 0.3) is 0 Å². The smallest absolute Gasteiger partial charge is 0.191 e. The third-order valence-corrected chi connectivity index (χ3v) is 4.56. The molecule has 0 bridgehead atoms. The van der Waals surface area contributed by atoms with E-state index in [1.807, 2.05) is 6.20 Å². The van der Waals surface area contributed by atoms with E-state index in [1.54, 1.807) is 11.3 Å². The highest BCUT2D eigenvalue weighted by molar-refractivity contribution is 7.11. The average molecular weight is 360 g/mol. The molecule has 1 aromatic heterocycles. The molecule has 25 heavy (non-hydrogen) atoms. The summed E-state index contributed by atoms with van der Waals surface area (Å²) in [6.07, 6.45) is 2.85. The summed E-state index contributed by atoms with van der Waals surface area (Å²) in [6.45, 7) is 7.49. The monoisotopic (exact) mass is 359 g/mol. The molecule has 0 spiro atoms. The molecular weight excluding hydrogens is 330 g/mol. The second-order valence-corrected chi connectivity index (χ2v) is 7.61. The fourth-order valence-corrected chi connectivity index (χ4v) is 3.22. The molecule has 0 amide bonds. The van der Waals surface area contributed by atoms with Gasteiger partial charge < -0.3 is 15.5 Å². The minimum atomic E-state index is 0.675. The van der Waals surface area contributed by atoms with Gasteiger partial charge in [0.1, 0.15) is 0 Å². The molecule has 2 N–H and O–H groups in total. The van der Waals surface area contributed by atoms with Gasteiger partial charge in [0.05, 0.1) is 11.6 Å². The SMILES string of the molecule is CCNC(=NCc1ccc(CN(C)C)cc1)NCCc1ncc(C)s1. The Balaban J connectivity index is 1.85. The number of aryl methyl sites for hydroxylation is 1. The molecule has 0 saturated carbocycles. The molecule has 0 aliphatic carbocycles. The molecule has 0 radical (unpaired) electrons. The van der Waals surface area contributed by atoms with Crippen LogP contribution in [0, 0.1) is 6.92 Å². The first-order valence-electron chi connectivity index (χ1n) is 8.73. The van der Waals surface area contributed by atoms with Gasteiger partial charge in [0.15, 0.2) is 5.96 Å². The van der Waals surface area contributed by atoms with Gasteiger partial charge in [0, 0.05) is 37.1 Å². The molecule has 0 saturated heterocycles. The fraction of sp³-hybridized carbons (Fsp3) is 0.474. The molecule has 0 aliphatic rings. The molecular formula is C19H29N5S. The zero-order valence-electron chi connectivity index (χ0n) is 15.7. The van der Waals surface area contributed by atoms with Crippen molar-refractivity contribution < 1.29 is 0 Å². The summed E-state index contributed by atoms with van der Waals surface area (Å²) in [7, 11) is 4.17. The summed E-state index contributed by atoms with van der Waals surface area (Å²) in [5, 5.41) is 7.85.